The first-order valence-electron chi connectivity index (χ1n) is 5.80. The highest BCUT2D eigenvalue weighted by Crippen LogP contribution is 2.29. The summed E-state index contributed by atoms with van der Waals surface area (Å²) in [5.41, 5.74) is 5.93. The molecule has 0 aliphatic rings. The molecular formula is C13H14ClN3O2. The van der Waals surface area contributed by atoms with E-state index in [0.717, 1.165) is 0 Å². The number of nitrogens with one attached hydrogen (secondary N) is 1. The number of nitrogens with zero attached hydrogens (tertiary/aromatic N) is 1. The van der Waals surface area contributed by atoms with E-state index in [0.29, 0.717) is 22.3 Å². The number of halogens is 1. The summed E-state index contributed by atoms with van der Waals surface area (Å²) in [5.74, 6) is 1.22. The molecular weight excluding hydrogens is 266 g/mol. The zero-order valence-corrected chi connectivity index (χ0v) is 11.4. The molecule has 0 radical (unpaired) electrons. The van der Waals surface area contributed by atoms with Crippen LogP contribution in [0.15, 0.2) is 29.1 Å². The fourth-order valence-corrected chi connectivity index (χ4v) is 1.65. The first kappa shape index (κ1) is 13.4. The number of nitrogen functional groups attached to an aromatic ring is 1. The molecule has 0 atom stereocenters. The van der Waals surface area contributed by atoms with Crippen LogP contribution in [0.4, 0.5) is 5.69 Å². The summed E-state index contributed by atoms with van der Waals surface area (Å²) in [6.45, 7) is 3.85. The number of benzene rings is 1. The zero-order chi connectivity index (χ0) is 14.0. The number of rotatable bonds is 3. The van der Waals surface area contributed by atoms with Crippen LogP contribution in [0.25, 0.3) is 0 Å². The molecule has 1 aromatic heterocycles. The molecule has 19 heavy (non-hydrogen) atoms. The molecule has 2 aromatic rings. The number of hydrogen-bond donors (Lipinski definition) is 2. The van der Waals surface area contributed by atoms with Crippen LogP contribution in [0, 0.1) is 0 Å². The van der Waals surface area contributed by atoms with E-state index in [4.69, 9.17) is 22.1 Å². The number of hydrogen-bond acceptors (Lipinski definition) is 4. The van der Waals surface area contributed by atoms with E-state index in [9.17, 15) is 4.79 Å². The van der Waals surface area contributed by atoms with Crippen molar-refractivity contribution in [1.29, 1.82) is 0 Å². The van der Waals surface area contributed by atoms with Crippen molar-refractivity contribution in [2.45, 2.75) is 19.8 Å². The van der Waals surface area contributed by atoms with Crippen LogP contribution in [0.3, 0.4) is 0 Å². The maximum Gasteiger partial charge on any atom is 0.254 e. The maximum absolute atomic E-state index is 11.5. The van der Waals surface area contributed by atoms with Crippen LogP contribution in [-0.2, 0) is 0 Å². The minimum absolute atomic E-state index is 0.0907. The van der Waals surface area contributed by atoms with Crippen molar-refractivity contribution in [3.63, 3.8) is 0 Å². The Bertz CT molecular complexity index is 653. The lowest BCUT2D eigenvalue weighted by molar-refractivity contribution is 0.458. The van der Waals surface area contributed by atoms with Crippen LogP contribution in [0.2, 0.25) is 5.02 Å². The fraction of sp³-hybridized carbons (Fsp3) is 0.231. The number of H-pyrrole nitrogens is 1. The van der Waals surface area contributed by atoms with E-state index in [1.807, 2.05) is 13.8 Å². The lowest BCUT2D eigenvalue weighted by Crippen LogP contribution is -2.12. The van der Waals surface area contributed by atoms with E-state index >= 15 is 0 Å². The van der Waals surface area contributed by atoms with Crippen molar-refractivity contribution in [2.75, 3.05) is 5.73 Å². The molecule has 6 heteroatoms. The SMILES string of the molecule is CC(C)c1nc(Oc2cc(Cl)ccc2N)cc(=O)[nH]1. The van der Waals surface area contributed by atoms with Crippen LogP contribution in [-0.4, -0.2) is 9.97 Å². The summed E-state index contributed by atoms with van der Waals surface area (Å²) in [6, 6.07) is 6.14. The Labute approximate surface area is 115 Å². The normalized spacial score (nSPS) is 10.7. The van der Waals surface area contributed by atoms with Gasteiger partial charge in [-0.2, -0.15) is 4.98 Å². The van der Waals surface area contributed by atoms with Crippen molar-refractivity contribution < 1.29 is 4.74 Å². The van der Waals surface area contributed by atoms with Gasteiger partial charge in [-0.25, -0.2) is 0 Å². The van der Waals surface area contributed by atoms with Crippen LogP contribution >= 0.6 is 11.6 Å². The minimum atomic E-state index is -0.269. The molecule has 0 aliphatic carbocycles. The highest BCUT2D eigenvalue weighted by Gasteiger charge is 2.09. The third-order valence-corrected chi connectivity index (χ3v) is 2.71. The van der Waals surface area contributed by atoms with Crippen LogP contribution in [0.1, 0.15) is 25.6 Å². The average molecular weight is 280 g/mol. The average Bonchev–Trinajstić information content (AvgIpc) is 2.33. The Balaban J connectivity index is 2.38. The molecule has 2 rings (SSSR count). The molecule has 1 aromatic carbocycles. The summed E-state index contributed by atoms with van der Waals surface area (Å²) < 4.78 is 5.52. The van der Waals surface area contributed by atoms with Crippen LogP contribution in [0.5, 0.6) is 11.6 Å². The Morgan fingerprint density at radius 3 is 2.79 bits per heavy atom. The number of nitrogens with two attached hydrogens (primary N) is 1. The van der Waals surface area contributed by atoms with Gasteiger partial charge in [0.05, 0.1) is 11.8 Å². The molecule has 0 saturated heterocycles. The van der Waals surface area contributed by atoms with E-state index in [2.05, 4.69) is 9.97 Å². The predicted octanol–water partition coefficient (Wildman–Crippen LogP) is 2.92. The van der Waals surface area contributed by atoms with E-state index in [1.165, 1.54) is 6.07 Å². The minimum Gasteiger partial charge on any atom is -0.437 e. The van der Waals surface area contributed by atoms with Gasteiger partial charge in [0.25, 0.3) is 5.56 Å². The third kappa shape index (κ3) is 3.26. The summed E-state index contributed by atoms with van der Waals surface area (Å²) in [7, 11) is 0. The number of ether oxygens (including phenoxy) is 1. The topological polar surface area (TPSA) is 81.0 Å². The molecule has 0 unspecified atom stereocenters. The third-order valence-electron chi connectivity index (χ3n) is 2.47. The summed E-state index contributed by atoms with van der Waals surface area (Å²) in [5, 5.41) is 0.498. The number of aromatic nitrogens is 2. The molecule has 1 heterocycles. The Morgan fingerprint density at radius 2 is 2.11 bits per heavy atom. The molecule has 0 spiro atoms. The van der Waals surface area contributed by atoms with Crippen LogP contribution < -0.4 is 16.0 Å². The number of aromatic amines is 1. The second-order valence-electron chi connectivity index (χ2n) is 4.41. The molecule has 0 fully saturated rings. The van der Waals surface area contributed by atoms with Gasteiger partial charge in [-0.3, -0.25) is 4.79 Å². The molecule has 0 bridgehead atoms. The van der Waals surface area contributed by atoms with Gasteiger partial charge in [0.2, 0.25) is 5.88 Å². The smallest absolute Gasteiger partial charge is 0.254 e. The maximum atomic E-state index is 11.5. The lowest BCUT2D eigenvalue weighted by atomic mass is 10.2. The van der Waals surface area contributed by atoms with Gasteiger partial charge in [0, 0.05) is 17.0 Å². The lowest BCUT2D eigenvalue weighted by Gasteiger charge is -2.10. The molecule has 3 N–H and O–H groups in total. The predicted molar refractivity (Wildman–Crippen MR) is 74.9 cm³/mol. The van der Waals surface area contributed by atoms with Gasteiger partial charge in [-0.1, -0.05) is 25.4 Å². The summed E-state index contributed by atoms with van der Waals surface area (Å²) in [4.78, 5) is 18.4. The Hall–Kier alpha value is -2.01. The van der Waals surface area contributed by atoms with Gasteiger partial charge < -0.3 is 15.5 Å². The standard InChI is InChI=1S/C13H14ClN3O2/c1-7(2)13-16-11(18)6-12(17-13)19-10-5-8(14)3-4-9(10)15/h3-7H,15H2,1-2H3,(H,16,17,18). The molecule has 100 valence electrons. The number of anilines is 1. The fourth-order valence-electron chi connectivity index (χ4n) is 1.49. The van der Waals surface area contributed by atoms with Crippen molar-refractivity contribution in [2.24, 2.45) is 0 Å². The van der Waals surface area contributed by atoms with E-state index in [1.54, 1.807) is 18.2 Å². The first-order chi connectivity index (χ1) is 8.95. The van der Waals surface area contributed by atoms with Gasteiger partial charge in [-0.15, -0.1) is 0 Å². The van der Waals surface area contributed by atoms with Crippen molar-refractivity contribution in [3.05, 3.63) is 45.5 Å². The molecule has 0 aliphatic heterocycles. The second-order valence-corrected chi connectivity index (χ2v) is 4.84. The molecule has 0 saturated carbocycles. The van der Waals surface area contributed by atoms with E-state index in [-0.39, 0.29) is 17.4 Å². The van der Waals surface area contributed by atoms with Gasteiger partial charge in [-0.05, 0) is 12.1 Å². The molecule has 0 amide bonds. The Kier molecular flexibility index (Phi) is 3.76. The summed E-state index contributed by atoms with van der Waals surface area (Å²) >= 11 is 5.87. The van der Waals surface area contributed by atoms with E-state index < -0.39 is 0 Å². The second kappa shape index (κ2) is 5.32. The van der Waals surface area contributed by atoms with Crippen molar-refractivity contribution >= 4 is 17.3 Å². The Morgan fingerprint density at radius 1 is 1.37 bits per heavy atom. The van der Waals surface area contributed by atoms with Gasteiger partial charge in [0.15, 0.2) is 5.75 Å². The monoisotopic (exact) mass is 279 g/mol. The van der Waals surface area contributed by atoms with Crippen molar-refractivity contribution in [3.8, 4) is 11.6 Å². The summed E-state index contributed by atoms with van der Waals surface area (Å²) in [6.07, 6.45) is 0. The quantitative estimate of drug-likeness (QED) is 0.847. The highest BCUT2D eigenvalue weighted by molar-refractivity contribution is 6.30. The first-order valence-corrected chi connectivity index (χ1v) is 6.17. The highest BCUT2D eigenvalue weighted by atomic mass is 35.5. The molecule has 5 nitrogen and oxygen atoms in total. The largest absolute Gasteiger partial charge is 0.437 e. The van der Waals surface area contributed by atoms with Gasteiger partial charge >= 0.3 is 0 Å². The zero-order valence-electron chi connectivity index (χ0n) is 10.6. The van der Waals surface area contributed by atoms with Gasteiger partial charge in [0.1, 0.15) is 5.82 Å². The van der Waals surface area contributed by atoms with Crippen molar-refractivity contribution in [1.82, 2.24) is 9.97 Å².